The van der Waals surface area contributed by atoms with Gasteiger partial charge in [0.1, 0.15) is 6.04 Å². The van der Waals surface area contributed by atoms with Crippen molar-refractivity contribution >= 4 is 41.1 Å². The maximum absolute atomic E-state index is 12.0. The molecule has 2 aromatic heterocycles. The highest BCUT2D eigenvalue weighted by Crippen LogP contribution is 2.24. The molecule has 2 aromatic carbocycles. The van der Waals surface area contributed by atoms with E-state index in [9.17, 15) is 14.9 Å². The molecule has 1 aliphatic heterocycles. The van der Waals surface area contributed by atoms with Crippen molar-refractivity contribution in [2.75, 3.05) is 10.6 Å². The van der Waals surface area contributed by atoms with Crippen LogP contribution in [0.5, 0.6) is 0 Å². The van der Waals surface area contributed by atoms with Gasteiger partial charge in [0.2, 0.25) is 17.8 Å². The molecule has 1 fully saturated rings. The van der Waals surface area contributed by atoms with Crippen molar-refractivity contribution in [2.24, 2.45) is 0 Å². The van der Waals surface area contributed by atoms with E-state index in [1.165, 1.54) is 4.52 Å². The highest BCUT2D eigenvalue weighted by Gasteiger charge is 2.25. The number of hydrogen-bond acceptors (Lipinski definition) is 8. The van der Waals surface area contributed by atoms with E-state index in [1.54, 1.807) is 12.3 Å². The molecule has 0 aliphatic carbocycles. The van der Waals surface area contributed by atoms with E-state index < -0.39 is 11.9 Å². The molecule has 2 amide bonds. The van der Waals surface area contributed by atoms with Gasteiger partial charge in [0.25, 0.3) is 5.91 Å². The standard InChI is InChI=1S/C24H18N8O2/c25-13-19(15-7-3-1-4-8-15)28-23-30-21-17(11-16-12-20(33)29-22(16)34)14-26-32(21)24(31-23)27-18-9-5-2-6-10-18/h1-11,14,19H,12H2,(H,29,33,34)(H2,27,28,30,31)/b16-11+. The van der Waals surface area contributed by atoms with E-state index in [4.69, 9.17) is 0 Å². The van der Waals surface area contributed by atoms with Gasteiger partial charge in [-0.2, -0.15) is 24.8 Å². The Morgan fingerprint density at radius 3 is 2.47 bits per heavy atom. The van der Waals surface area contributed by atoms with Crippen LogP contribution in [0.2, 0.25) is 0 Å². The summed E-state index contributed by atoms with van der Waals surface area (Å²) < 4.78 is 1.50. The molecule has 4 aromatic rings. The molecule has 0 radical (unpaired) electrons. The van der Waals surface area contributed by atoms with E-state index in [2.05, 4.69) is 37.1 Å². The fourth-order valence-electron chi connectivity index (χ4n) is 3.57. The minimum absolute atomic E-state index is 0.00794. The van der Waals surface area contributed by atoms with Gasteiger partial charge in [-0.05, 0) is 23.8 Å². The van der Waals surface area contributed by atoms with Gasteiger partial charge in [-0.25, -0.2) is 0 Å². The number of fused-ring (bicyclic) bond motifs is 1. The summed E-state index contributed by atoms with van der Waals surface area (Å²) in [4.78, 5) is 32.7. The predicted octanol–water partition coefficient (Wildman–Crippen LogP) is 2.97. The van der Waals surface area contributed by atoms with Crippen molar-refractivity contribution in [3.8, 4) is 6.07 Å². The zero-order valence-electron chi connectivity index (χ0n) is 17.8. The number of amides is 2. The molecule has 0 bridgehead atoms. The maximum atomic E-state index is 12.0. The van der Waals surface area contributed by atoms with Crippen molar-refractivity contribution in [1.29, 1.82) is 5.26 Å². The third-order valence-electron chi connectivity index (χ3n) is 5.19. The number of nitrogens with zero attached hydrogens (tertiary/aromatic N) is 5. The number of benzene rings is 2. The van der Waals surface area contributed by atoms with Crippen LogP contribution in [0, 0.1) is 11.3 Å². The zero-order chi connectivity index (χ0) is 23.5. The number of rotatable bonds is 6. The van der Waals surface area contributed by atoms with Crippen LogP contribution in [0.15, 0.2) is 72.4 Å². The van der Waals surface area contributed by atoms with Gasteiger partial charge < -0.3 is 10.6 Å². The Balaban J connectivity index is 1.59. The first-order chi connectivity index (χ1) is 16.6. The van der Waals surface area contributed by atoms with Gasteiger partial charge in [0, 0.05) is 16.8 Å². The molecule has 3 N–H and O–H groups in total. The van der Waals surface area contributed by atoms with Crippen LogP contribution in [0.4, 0.5) is 17.6 Å². The molecular formula is C24H18N8O2. The number of imide groups is 1. The normalized spacial score (nSPS) is 15.2. The molecule has 5 rings (SSSR count). The van der Waals surface area contributed by atoms with E-state index in [1.807, 2.05) is 60.7 Å². The lowest BCUT2D eigenvalue weighted by molar-refractivity contribution is -0.124. The summed E-state index contributed by atoms with van der Waals surface area (Å²) in [7, 11) is 0. The molecule has 1 unspecified atom stereocenters. The number of nitrogens with one attached hydrogen (secondary N) is 3. The molecular weight excluding hydrogens is 432 g/mol. The molecule has 10 heteroatoms. The summed E-state index contributed by atoms with van der Waals surface area (Å²) in [5.41, 5.74) is 2.81. The Morgan fingerprint density at radius 1 is 1.06 bits per heavy atom. The minimum Gasteiger partial charge on any atom is -0.335 e. The molecule has 10 nitrogen and oxygen atoms in total. The zero-order valence-corrected chi connectivity index (χ0v) is 17.8. The molecule has 1 aliphatic rings. The molecule has 0 spiro atoms. The van der Waals surface area contributed by atoms with Crippen molar-refractivity contribution in [3.05, 3.63) is 83.6 Å². The van der Waals surface area contributed by atoms with Crippen LogP contribution < -0.4 is 16.0 Å². The third kappa shape index (κ3) is 4.18. The van der Waals surface area contributed by atoms with Crippen molar-refractivity contribution in [1.82, 2.24) is 24.9 Å². The van der Waals surface area contributed by atoms with Gasteiger partial charge in [-0.1, -0.05) is 48.5 Å². The van der Waals surface area contributed by atoms with Crippen molar-refractivity contribution in [3.63, 3.8) is 0 Å². The number of anilines is 3. The van der Waals surface area contributed by atoms with Crippen LogP contribution in [-0.4, -0.2) is 31.4 Å². The van der Waals surface area contributed by atoms with Crippen LogP contribution >= 0.6 is 0 Å². The second kappa shape index (κ2) is 8.84. The van der Waals surface area contributed by atoms with Gasteiger partial charge in [0.05, 0.1) is 18.7 Å². The molecule has 1 atom stereocenters. The smallest absolute Gasteiger partial charge is 0.254 e. The Bertz CT molecular complexity index is 1460. The van der Waals surface area contributed by atoms with E-state index in [0.29, 0.717) is 22.7 Å². The monoisotopic (exact) mass is 450 g/mol. The van der Waals surface area contributed by atoms with Crippen molar-refractivity contribution in [2.45, 2.75) is 12.5 Å². The number of carbonyl (C=O) groups excluding carboxylic acids is 2. The number of aromatic nitrogens is 4. The third-order valence-corrected chi connectivity index (χ3v) is 5.19. The average molecular weight is 450 g/mol. The Labute approximate surface area is 194 Å². The summed E-state index contributed by atoms with van der Waals surface area (Å²) in [5, 5.41) is 22.7. The average Bonchev–Trinajstić information content (AvgIpc) is 3.40. The minimum atomic E-state index is -0.684. The Hall–Kier alpha value is -5.04. The lowest BCUT2D eigenvalue weighted by atomic mass is 10.1. The molecule has 3 heterocycles. The Kier molecular flexibility index (Phi) is 5.42. The first kappa shape index (κ1) is 20.8. The molecule has 34 heavy (non-hydrogen) atoms. The first-order valence-electron chi connectivity index (χ1n) is 10.4. The highest BCUT2D eigenvalue weighted by atomic mass is 16.2. The summed E-state index contributed by atoms with van der Waals surface area (Å²) in [6.07, 6.45) is 3.13. The lowest BCUT2D eigenvalue weighted by Gasteiger charge is -2.14. The van der Waals surface area contributed by atoms with Crippen LogP contribution in [-0.2, 0) is 9.59 Å². The SMILES string of the molecule is N#CC(Nc1nc(Nc2ccccc2)n2ncc(/C=C3\CC(=O)NC3=O)c2n1)c1ccccc1. The van der Waals surface area contributed by atoms with E-state index >= 15 is 0 Å². The molecule has 0 saturated carbocycles. The number of nitriles is 1. The topological polar surface area (TPSA) is 137 Å². The van der Waals surface area contributed by atoms with Crippen molar-refractivity contribution < 1.29 is 9.59 Å². The largest absolute Gasteiger partial charge is 0.335 e. The molecule has 166 valence electrons. The highest BCUT2D eigenvalue weighted by molar-refractivity contribution is 6.15. The fraction of sp³-hybridized carbons (Fsp3) is 0.0833. The van der Waals surface area contributed by atoms with Crippen LogP contribution in [0.3, 0.4) is 0 Å². The maximum Gasteiger partial charge on any atom is 0.254 e. The molecule has 1 saturated heterocycles. The summed E-state index contributed by atoms with van der Waals surface area (Å²) >= 11 is 0. The Morgan fingerprint density at radius 2 is 1.79 bits per heavy atom. The predicted molar refractivity (Wildman–Crippen MR) is 125 cm³/mol. The van der Waals surface area contributed by atoms with E-state index in [-0.39, 0.29) is 18.3 Å². The summed E-state index contributed by atoms with van der Waals surface area (Å²) in [6, 6.07) is 20.2. The van der Waals surface area contributed by atoms with Gasteiger partial charge in [-0.15, -0.1) is 0 Å². The summed E-state index contributed by atoms with van der Waals surface area (Å²) in [5.74, 6) is -0.225. The quantitative estimate of drug-likeness (QED) is 0.301. The van der Waals surface area contributed by atoms with Crippen LogP contribution in [0.25, 0.3) is 11.7 Å². The summed E-state index contributed by atoms with van der Waals surface area (Å²) in [6.45, 7) is 0. The number of para-hydroxylation sites is 1. The van der Waals surface area contributed by atoms with Gasteiger partial charge in [0.15, 0.2) is 5.65 Å². The van der Waals surface area contributed by atoms with Gasteiger partial charge in [-0.3, -0.25) is 14.9 Å². The first-order valence-corrected chi connectivity index (χ1v) is 10.4. The number of carbonyl (C=O) groups is 2. The number of hydrogen-bond donors (Lipinski definition) is 3. The fourth-order valence-corrected chi connectivity index (χ4v) is 3.57. The van der Waals surface area contributed by atoms with E-state index in [0.717, 1.165) is 11.3 Å². The second-order valence-electron chi connectivity index (χ2n) is 7.54. The van der Waals surface area contributed by atoms with Crippen LogP contribution in [0.1, 0.15) is 23.6 Å². The van der Waals surface area contributed by atoms with Gasteiger partial charge >= 0.3 is 0 Å². The second-order valence-corrected chi connectivity index (χ2v) is 7.54. The lowest BCUT2D eigenvalue weighted by Crippen LogP contribution is -2.19.